The number of amides is 2. The van der Waals surface area contributed by atoms with Crippen molar-refractivity contribution in [2.45, 2.75) is 17.1 Å². The molecule has 0 aliphatic carbocycles. The first-order valence-corrected chi connectivity index (χ1v) is 13.9. The highest BCUT2D eigenvalue weighted by atomic mass is 32.2. The molecule has 194 valence electrons. The number of hydrogen-bond donors (Lipinski definition) is 2. The molecule has 1 unspecified atom stereocenters. The minimum Gasteiger partial charge on any atom is -0.322 e. The number of hydrogen-bond acceptors (Lipinski definition) is 5. The summed E-state index contributed by atoms with van der Waals surface area (Å²) in [7, 11) is 0. The number of carbonyl (C=O) groups excluding carboxylic acids is 2. The Morgan fingerprint density at radius 1 is 0.846 bits per heavy atom. The van der Waals surface area contributed by atoms with E-state index in [-0.39, 0.29) is 17.6 Å². The van der Waals surface area contributed by atoms with Gasteiger partial charge in [-0.15, -0.1) is 23.1 Å². The zero-order valence-electron chi connectivity index (χ0n) is 20.9. The Labute approximate surface area is 234 Å². The Balaban J connectivity index is 1.29. The molecule has 5 rings (SSSR count). The second-order valence-corrected chi connectivity index (χ2v) is 10.8. The largest absolute Gasteiger partial charge is 0.322 e. The van der Waals surface area contributed by atoms with Gasteiger partial charge in [0, 0.05) is 27.1 Å². The molecule has 0 bridgehead atoms. The number of rotatable bonds is 8. The molecule has 0 fully saturated rings. The van der Waals surface area contributed by atoms with Crippen LogP contribution in [0.2, 0.25) is 0 Å². The van der Waals surface area contributed by atoms with Crippen LogP contribution in [0.25, 0.3) is 11.3 Å². The summed E-state index contributed by atoms with van der Waals surface area (Å²) in [6.07, 6.45) is 0. The summed E-state index contributed by atoms with van der Waals surface area (Å²) < 4.78 is 13.3. The number of anilines is 2. The standard InChI is InChI=1S/C31H24FN3O2S2/c1-20-7-9-23(10-8-20)29(36)33-25-15-17-26(18-16-25)39-28(22-5-3-2-4-6-22)30(37)35-31-34-27(19-38-31)21-11-13-24(32)14-12-21/h2-19,28H,1H3,(H,33,36)(H,34,35,37). The molecule has 4 aromatic carbocycles. The van der Waals surface area contributed by atoms with Gasteiger partial charge >= 0.3 is 0 Å². The maximum absolute atomic E-state index is 13.4. The van der Waals surface area contributed by atoms with Crippen LogP contribution in [0.15, 0.2) is 113 Å². The monoisotopic (exact) mass is 553 g/mol. The first-order chi connectivity index (χ1) is 18.9. The third-order valence-electron chi connectivity index (χ3n) is 5.89. The first-order valence-electron chi connectivity index (χ1n) is 12.2. The lowest BCUT2D eigenvalue weighted by molar-refractivity contribution is -0.115. The molecule has 2 N–H and O–H groups in total. The molecule has 5 aromatic rings. The molecule has 0 radical (unpaired) electrons. The van der Waals surface area contributed by atoms with Crippen LogP contribution in [0, 0.1) is 12.7 Å². The van der Waals surface area contributed by atoms with Gasteiger partial charge in [-0.05, 0) is 73.2 Å². The lowest BCUT2D eigenvalue weighted by atomic mass is 10.1. The van der Waals surface area contributed by atoms with E-state index in [9.17, 15) is 14.0 Å². The molecule has 5 nitrogen and oxygen atoms in total. The number of carbonyl (C=O) groups is 2. The van der Waals surface area contributed by atoms with Gasteiger partial charge in [-0.25, -0.2) is 9.37 Å². The Morgan fingerprint density at radius 2 is 1.54 bits per heavy atom. The second-order valence-electron chi connectivity index (χ2n) is 8.79. The zero-order chi connectivity index (χ0) is 27.2. The van der Waals surface area contributed by atoms with Crippen molar-refractivity contribution in [1.82, 2.24) is 4.98 Å². The van der Waals surface area contributed by atoms with Crippen LogP contribution in [0.4, 0.5) is 15.2 Å². The zero-order valence-corrected chi connectivity index (χ0v) is 22.6. The van der Waals surface area contributed by atoms with Crippen molar-refractivity contribution >= 4 is 45.7 Å². The smallest absolute Gasteiger partial charge is 0.255 e. The number of aryl methyl sites for hydroxylation is 1. The van der Waals surface area contributed by atoms with Gasteiger partial charge in [-0.2, -0.15) is 0 Å². The number of nitrogens with zero attached hydrogens (tertiary/aromatic N) is 1. The third kappa shape index (κ3) is 6.79. The van der Waals surface area contributed by atoms with Crippen molar-refractivity contribution in [3.63, 3.8) is 0 Å². The van der Waals surface area contributed by atoms with Crippen molar-refractivity contribution in [2.24, 2.45) is 0 Å². The van der Waals surface area contributed by atoms with Gasteiger partial charge in [0.25, 0.3) is 5.91 Å². The van der Waals surface area contributed by atoms with E-state index in [1.807, 2.05) is 79.0 Å². The van der Waals surface area contributed by atoms with E-state index in [0.29, 0.717) is 22.1 Å². The average molecular weight is 554 g/mol. The molecule has 0 saturated heterocycles. The van der Waals surface area contributed by atoms with Gasteiger partial charge in [0.2, 0.25) is 5.91 Å². The minimum absolute atomic E-state index is 0.180. The molecule has 39 heavy (non-hydrogen) atoms. The van der Waals surface area contributed by atoms with Crippen LogP contribution in [0.3, 0.4) is 0 Å². The van der Waals surface area contributed by atoms with Crippen LogP contribution < -0.4 is 10.6 Å². The van der Waals surface area contributed by atoms with Gasteiger partial charge in [0.1, 0.15) is 11.1 Å². The molecular weight excluding hydrogens is 529 g/mol. The van der Waals surface area contributed by atoms with Gasteiger partial charge in [0.05, 0.1) is 5.69 Å². The fraction of sp³-hybridized carbons (Fsp3) is 0.0645. The Morgan fingerprint density at radius 3 is 2.23 bits per heavy atom. The Hall–Kier alpha value is -4.27. The summed E-state index contributed by atoms with van der Waals surface area (Å²) in [5, 5.41) is 7.62. The summed E-state index contributed by atoms with van der Waals surface area (Å²) >= 11 is 2.73. The first kappa shape index (κ1) is 26.3. The van der Waals surface area contributed by atoms with E-state index in [4.69, 9.17) is 0 Å². The van der Waals surface area contributed by atoms with Crippen molar-refractivity contribution < 1.29 is 14.0 Å². The Bertz CT molecular complexity index is 1570. The summed E-state index contributed by atoms with van der Waals surface area (Å²) in [4.78, 5) is 31.4. The van der Waals surface area contributed by atoms with Gasteiger partial charge < -0.3 is 10.6 Å². The Kier molecular flexibility index (Phi) is 8.15. The van der Waals surface area contributed by atoms with E-state index in [1.165, 1.54) is 35.2 Å². The van der Waals surface area contributed by atoms with E-state index >= 15 is 0 Å². The van der Waals surface area contributed by atoms with Crippen LogP contribution in [0.5, 0.6) is 0 Å². The van der Waals surface area contributed by atoms with Crippen molar-refractivity contribution in [1.29, 1.82) is 0 Å². The van der Waals surface area contributed by atoms with Gasteiger partial charge in [-0.1, -0.05) is 48.0 Å². The normalized spacial score (nSPS) is 11.5. The summed E-state index contributed by atoms with van der Waals surface area (Å²) in [6, 6.07) is 30.4. The maximum Gasteiger partial charge on any atom is 0.255 e. The van der Waals surface area contributed by atoms with E-state index < -0.39 is 5.25 Å². The maximum atomic E-state index is 13.4. The molecular formula is C31H24FN3O2S2. The van der Waals surface area contributed by atoms with Crippen molar-refractivity contribution in [2.75, 3.05) is 10.6 Å². The highest BCUT2D eigenvalue weighted by Crippen LogP contribution is 2.37. The third-order valence-corrected chi connectivity index (χ3v) is 7.92. The molecule has 0 spiro atoms. The predicted octanol–water partition coefficient (Wildman–Crippen LogP) is 7.98. The quantitative estimate of drug-likeness (QED) is 0.191. The van der Waals surface area contributed by atoms with Crippen LogP contribution in [0.1, 0.15) is 26.7 Å². The number of halogens is 1. The minimum atomic E-state index is -0.530. The van der Waals surface area contributed by atoms with Crippen molar-refractivity contribution in [3.8, 4) is 11.3 Å². The summed E-state index contributed by atoms with van der Waals surface area (Å²) in [5.41, 5.74) is 4.64. The fourth-order valence-corrected chi connectivity index (χ4v) is 5.56. The molecule has 0 saturated carbocycles. The molecule has 1 atom stereocenters. The molecule has 1 heterocycles. The highest BCUT2D eigenvalue weighted by molar-refractivity contribution is 8.00. The lowest BCUT2D eigenvalue weighted by Gasteiger charge is -2.16. The van der Waals surface area contributed by atoms with Crippen LogP contribution in [-0.2, 0) is 4.79 Å². The van der Waals surface area contributed by atoms with Crippen LogP contribution in [-0.4, -0.2) is 16.8 Å². The van der Waals surface area contributed by atoms with Crippen molar-refractivity contribution in [3.05, 3.63) is 131 Å². The molecule has 0 aliphatic rings. The number of thioether (sulfide) groups is 1. The molecule has 1 aromatic heterocycles. The molecule has 0 aliphatic heterocycles. The number of thiazole rings is 1. The average Bonchev–Trinajstić information content (AvgIpc) is 3.42. The topological polar surface area (TPSA) is 71.1 Å². The van der Waals surface area contributed by atoms with E-state index in [0.717, 1.165) is 21.6 Å². The second kappa shape index (κ2) is 12.1. The molecule has 2 amide bonds. The summed E-state index contributed by atoms with van der Waals surface area (Å²) in [5.74, 6) is -0.699. The number of benzene rings is 4. The highest BCUT2D eigenvalue weighted by Gasteiger charge is 2.23. The molecule has 8 heteroatoms. The number of aromatic nitrogens is 1. The predicted molar refractivity (Wildman–Crippen MR) is 157 cm³/mol. The van der Waals surface area contributed by atoms with Crippen LogP contribution >= 0.6 is 23.1 Å². The van der Waals surface area contributed by atoms with E-state index in [1.54, 1.807) is 24.3 Å². The van der Waals surface area contributed by atoms with E-state index in [2.05, 4.69) is 15.6 Å². The summed E-state index contributed by atoms with van der Waals surface area (Å²) in [6.45, 7) is 1.98. The fourth-order valence-electron chi connectivity index (χ4n) is 3.82. The lowest BCUT2D eigenvalue weighted by Crippen LogP contribution is -2.19. The van der Waals surface area contributed by atoms with Gasteiger partial charge in [0.15, 0.2) is 5.13 Å². The van der Waals surface area contributed by atoms with Gasteiger partial charge in [-0.3, -0.25) is 9.59 Å². The SMILES string of the molecule is Cc1ccc(C(=O)Nc2ccc(SC(C(=O)Nc3nc(-c4ccc(F)cc4)cs3)c3ccccc3)cc2)cc1. The number of nitrogens with one attached hydrogen (secondary N) is 2.